The molecule has 1 nitrogen and oxygen atoms in total. The van der Waals surface area contributed by atoms with Crippen LogP contribution in [0.5, 0.6) is 0 Å². The van der Waals surface area contributed by atoms with Gasteiger partial charge in [0, 0.05) is 6.61 Å². The number of ether oxygens (including phenoxy) is 1. The minimum atomic E-state index is 0.563. The lowest BCUT2D eigenvalue weighted by molar-refractivity contribution is 0.0461. The molecule has 0 N–H and O–H groups in total. The fraction of sp³-hybridized carbons (Fsp3) is 0.700. The molecule has 3 rings (SSSR count). The Labute approximate surface area is 130 Å². The lowest BCUT2D eigenvalue weighted by Crippen LogP contribution is -2.12. The van der Waals surface area contributed by atoms with E-state index in [1.807, 2.05) is 0 Å². The molecule has 21 heavy (non-hydrogen) atoms. The van der Waals surface area contributed by atoms with Crippen LogP contribution in [0.3, 0.4) is 0 Å². The second kappa shape index (κ2) is 6.96. The summed E-state index contributed by atoms with van der Waals surface area (Å²) in [6.07, 6.45) is 9.86. The van der Waals surface area contributed by atoms with Crippen LogP contribution in [0.15, 0.2) is 24.3 Å². The van der Waals surface area contributed by atoms with Gasteiger partial charge in [0.2, 0.25) is 0 Å². The Hall–Kier alpha value is -0.820. The zero-order valence-corrected chi connectivity index (χ0v) is 13.7. The SMILES string of the molecule is CCCCCCCOC1CC2C(C1)C2c1ccc(C)cc1. The molecular weight excluding hydrogens is 256 g/mol. The highest BCUT2D eigenvalue weighted by molar-refractivity contribution is 5.32. The van der Waals surface area contributed by atoms with E-state index in [2.05, 4.69) is 38.1 Å². The van der Waals surface area contributed by atoms with Crippen LogP contribution in [0.2, 0.25) is 0 Å². The molecule has 2 aliphatic carbocycles. The van der Waals surface area contributed by atoms with E-state index in [1.54, 1.807) is 5.56 Å². The zero-order valence-electron chi connectivity index (χ0n) is 13.7. The van der Waals surface area contributed by atoms with Crippen molar-refractivity contribution in [1.82, 2.24) is 0 Å². The quantitative estimate of drug-likeness (QED) is 0.575. The first kappa shape index (κ1) is 15.1. The Morgan fingerprint density at radius 3 is 2.29 bits per heavy atom. The van der Waals surface area contributed by atoms with Gasteiger partial charge < -0.3 is 4.74 Å². The maximum atomic E-state index is 6.09. The summed E-state index contributed by atoms with van der Waals surface area (Å²) in [5.41, 5.74) is 2.93. The van der Waals surface area contributed by atoms with Gasteiger partial charge in [0.05, 0.1) is 6.10 Å². The molecule has 1 aromatic rings. The summed E-state index contributed by atoms with van der Waals surface area (Å²) in [6, 6.07) is 9.19. The fourth-order valence-corrected chi connectivity index (χ4v) is 4.17. The molecule has 2 saturated carbocycles. The van der Waals surface area contributed by atoms with Gasteiger partial charge in [0.25, 0.3) is 0 Å². The van der Waals surface area contributed by atoms with E-state index >= 15 is 0 Å². The highest BCUT2D eigenvalue weighted by Gasteiger charge is 2.56. The van der Waals surface area contributed by atoms with Crippen LogP contribution >= 0.6 is 0 Å². The standard InChI is InChI=1S/C20H30O/c1-3-4-5-6-7-12-21-17-13-18-19(14-17)20(18)16-10-8-15(2)9-11-16/h8-11,17-20H,3-7,12-14H2,1-2H3. The largest absolute Gasteiger partial charge is 0.378 e. The predicted octanol–water partition coefficient (Wildman–Crippen LogP) is 5.47. The number of fused-ring (bicyclic) bond motifs is 1. The van der Waals surface area contributed by atoms with Crippen molar-refractivity contribution >= 4 is 0 Å². The first-order chi connectivity index (χ1) is 10.3. The molecule has 0 heterocycles. The molecule has 0 bridgehead atoms. The maximum Gasteiger partial charge on any atom is 0.0581 e. The average molecular weight is 286 g/mol. The van der Waals surface area contributed by atoms with Crippen molar-refractivity contribution in [1.29, 1.82) is 0 Å². The Morgan fingerprint density at radius 2 is 1.62 bits per heavy atom. The third-order valence-electron chi connectivity index (χ3n) is 5.47. The molecule has 1 aromatic carbocycles. The lowest BCUT2D eigenvalue weighted by Gasteiger charge is -2.15. The molecule has 0 saturated heterocycles. The van der Waals surface area contributed by atoms with Crippen LogP contribution in [0.4, 0.5) is 0 Å². The molecule has 2 atom stereocenters. The van der Waals surface area contributed by atoms with E-state index in [4.69, 9.17) is 4.74 Å². The monoisotopic (exact) mass is 286 g/mol. The van der Waals surface area contributed by atoms with Gasteiger partial charge in [-0.3, -0.25) is 0 Å². The molecule has 0 spiro atoms. The Kier molecular flexibility index (Phi) is 5.00. The molecule has 0 aromatic heterocycles. The van der Waals surface area contributed by atoms with Gasteiger partial charge in [-0.25, -0.2) is 0 Å². The van der Waals surface area contributed by atoms with E-state index in [0.717, 1.165) is 24.4 Å². The topological polar surface area (TPSA) is 9.23 Å². The first-order valence-corrected chi connectivity index (χ1v) is 8.97. The Bertz CT molecular complexity index is 424. The highest BCUT2D eigenvalue weighted by Crippen LogP contribution is 2.63. The minimum absolute atomic E-state index is 0.563. The second-order valence-corrected chi connectivity index (χ2v) is 7.14. The summed E-state index contributed by atoms with van der Waals surface area (Å²) in [7, 11) is 0. The van der Waals surface area contributed by atoms with Crippen molar-refractivity contribution in [3.63, 3.8) is 0 Å². The molecular formula is C20H30O. The van der Waals surface area contributed by atoms with Gasteiger partial charge in [-0.1, -0.05) is 62.4 Å². The number of unbranched alkanes of at least 4 members (excludes halogenated alkanes) is 4. The van der Waals surface area contributed by atoms with Crippen LogP contribution in [-0.4, -0.2) is 12.7 Å². The van der Waals surface area contributed by atoms with Crippen molar-refractivity contribution in [2.75, 3.05) is 6.61 Å². The second-order valence-electron chi connectivity index (χ2n) is 7.14. The van der Waals surface area contributed by atoms with E-state index in [0.29, 0.717) is 6.10 Å². The molecule has 2 unspecified atom stereocenters. The van der Waals surface area contributed by atoms with Crippen LogP contribution in [0.1, 0.15) is 68.9 Å². The van der Waals surface area contributed by atoms with E-state index in [-0.39, 0.29) is 0 Å². The molecule has 1 heteroatoms. The van der Waals surface area contributed by atoms with Crippen molar-refractivity contribution in [3.8, 4) is 0 Å². The molecule has 0 radical (unpaired) electrons. The average Bonchev–Trinajstić information content (AvgIpc) is 2.99. The van der Waals surface area contributed by atoms with Crippen molar-refractivity contribution in [2.45, 2.75) is 70.8 Å². The summed E-state index contributed by atoms with van der Waals surface area (Å²) < 4.78 is 6.09. The number of hydrogen-bond acceptors (Lipinski definition) is 1. The molecule has 0 amide bonds. The van der Waals surface area contributed by atoms with Gasteiger partial charge in [-0.15, -0.1) is 0 Å². The first-order valence-electron chi connectivity index (χ1n) is 8.97. The smallest absolute Gasteiger partial charge is 0.0581 e. The van der Waals surface area contributed by atoms with Crippen LogP contribution in [-0.2, 0) is 4.74 Å². The van der Waals surface area contributed by atoms with Crippen molar-refractivity contribution < 1.29 is 4.74 Å². The Morgan fingerprint density at radius 1 is 0.952 bits per heavy atom. The van der Waals surface area contributed by atoms with Gasteiger partial charge in [-0.2, -0.15) is 0 Å². The maximum absolute atomic E-state index is 6.09. The molecule has 116 valence electrons. The third-order valence-corrected chi connectivity index (χ3v) is 5.47. The lowest BCUT2D eigenvalue weighted by atomic mass is 10.0. The summed E-state index contributed by atoms with van der Waals surface area (Å²) >= 11 is 0. The number of aryl methyl sites for hydroxylation is 1. The fourth-order valence-electron chi connectivity index (χ4n) is 4.17. The van der Waals surface area contributed by atoms with Gasteiger partial charge >= 0.3 is 0 Å². The highest BCUT2D eigenvalue weighted by atomic mass is 16.5. The van der Waals surface area contributed by atoms with Crippen LogP contribution in [0.25, 0.3) is 0 Å². The van der Waals surface area contributed by atoms with Crippen LogP contribution < -0.4 is 0 Å². The van der Waals surface area contributed by atoms with Crippen molar-refractivity contribution in [3.05, 3.63) is 35.4 Å². The van der Waals surface area contributed by atoms with E-state index in [9.17, 15) is 0 Å². The van der Waals surface area contributed by atoms with E-state index < -0.39 is 0 Å². The van der Waals surface area contributed by atoms with Gasteiger partial charge in [-0.05, 0) is 49.5 Å². The summed E-state index contributed by atoms with van der Waals surface area (Å²) in [6.45, 7) is 5.43. The van der Waals surface area contributed by atoms with Gasteiger partial charge in [0.15, 0.2) is 0 Å². The number of benzene rings is 1. The molecule has 2 fully saturated rings. The summed E-state index contributed by atoms with van der Waals surface area (Å²) in [5.74, 6) is 2.67. The Balaban J connectivity index is 1.34. The predicted molar refractivity (Wildman–Crippen MR) is 88.6 cm³/mol. The summed E-state index contributed by atoms with van der Waals surface area (Å²) in [4.78, 5) is 0. The zero-order chi connectivity index (χ0) is 14.7. The number of hydrogen-bond donors (Lipinski definition) is 0. The summed E-state index contributed by atoms with van der Waals surface area (Å²) in [5, 5.41) is 0. The van der Waals surface area contributed by atoms with Crippen LogP contribution in [0, 0.1) is 18.8 Å². The molecule has 0 aliphatic heterocycles. The molecule has 2 aliphatic rings. The van der Waals surface area contributed by atoms with E-state index in [1.165, 1.54) is 50.5 Å². The minimum Gasteiger partial charge on any atom is -0.378 e. The van der Waals surface area contributed by atoms with Crippen molar-refractivity contribution in [2.24, 2.45) is 11.8 Å². The third kappa shape index (κ3) is 3.69. The normalized spacial score (nSPS) is 30.4. The van der Waals surface area contributed by atoms with Gasteiger partial charge in [0.1, 0.15) is 0 Å². The number of rotatable bonds is 8.